The number of rotatable bonds is 3. The molecule has 22 heavy (non-hydrogen) atoms. The van der Waals surface area contributed by atoms with Crippen molar-refractivity contribution in [3.8, 4) is 0 Å². The number of hydrogen-bond acceptors (Lipinski definition) is 4. The molecule has 0 saturated heterocycles. The molecule has 2 aromatic carbocycles. The molecule has 0 bridgehead atoms. The molecule has 114 valence electrons. The van der Waals surface area contributed by atoms with Gasteiger partial charge in [0, 0.05) is 23.6 Å². The van der Waals surface area contributed by atoms with E-state index >= 15 is 0 Å². The third kappa shape index (κ3) is 4.98. The van der Waals surface area contributed by atoms with E-state index in [1.807, 2.05) is 18.2 Å². The Bertz CT molecular complexity index is 660. The van der Waals surface area contributed by atoms with Crippen molar-refractivity contribution >= 4 is 17.5 Å². The smallest absolute Gasteiger partial charge is 0.302 e. The molecule has 0 unspecified atom stereocenters. The molecular formula is C18H18O4. The number of esters is 1. The fourth-order valence-electron chi connectivity index (χ4n) is 1.73. The van der Waals surface area contributed by atoms with Crippen LogP contribution in [0.2, 0.25) is 0 Å². The topological polar surface area (TPSA) is 60.4 Å². The Morgan fingerprint density at radius 1 is 0.773 bits per heavy atom. The van der Waals surface area contributed by atoms with Gasteiger partial charge < -0.3 is 4.74 Å². The van der Waals surface area contributed by atoms with Gasteiger partial charge in [0.25, 0.3) is 0 Å². The molecule has 0 saturated carbocycles. The van der Waals surface area contributed by atoms with Gasteiger partial charge in [0.1, 0.15) is 0 Å². The van der Waals surface area contributed by atoms with Crippen molar-refractivity contribution < 1.29 is 19.1 Å². The SMILES string of the molecule is CC(=O)c1ccccc1C(=O)c1ccccc1.COC(C)=O. The molecule has 2 rings (SSSR count). The molecule has 4 heteroatoms. The standard InChI is InChI=1S/C15H12O2.C3H6O2/c1-11(16)13-9-5-6-10-14(13)15(17)12-7-3-2-4-8-12;1-3(4)5-2/h2-10H,1H3;1-2H3. The van der Waals surface area contributed by atoms with Gasteiger partial charge in [0.15, 0.2) is 11.6 Å². The van der Waals surface area contributed by atoms with Gasteiger partial charge in [-0.3, -0.25) is 14.4 Å². The summed E-state index contributed by atoms with van der Waals surface area (Å²) in [6.07, 6.45) is 0. The van der Waals surface area contributed by atoms with Crippen molar-refractivity contribution in [3.63, 3.8) is 0 Å². The van der Waals surface area contributed by atoms with Crippen LogP contribution in [0.25, 0.3) is 0 Å². The van der Waals surface area contributed by atoms with Crippen molar-refractivity contribution in [1.82, 2.24) is 0 Å². The van der Waals surface area contributed by atoms with Gasteiger partial charge in [0.05, 0.1) is 7.11 Å². The Balaban J connectivity index is 0.000000422. The molecular weight excluding hydrogens is 280 g/mol. The third-order valence-electron chi connectivity index (χ3n) is 2.87. The first kappa shape index (κ1) is 17.3. The van der Waals surface area contributed by atoms with Crippen LogP contribution in [0.4, 0.5) is 0 Å². The minimum Gasteiger partial charge on any atom is -0.469 e. The summed E-state index contributed by atoms with van der Waals surface area (Å²) in [4.78, 5) is 33.3. The van der Waals surface area contributed by atoms with E-state index < -0.39 is 0 Å². The third-order valence-corrected chi connectivity index (χ3v) is 2.87. The van der Waals surface area contributed by atoms with Crippen molar-refractivity contribution in [2.75, 3.05) is 7.11 Å². The van der Waals surface area contributed by atoms with Crippen LogP contribution < -0.4 is 0 Å². The fraction of sp³-hybridized carbons (Fsp3) is 0.167. The summed E-state index contributed by atoms with van der Waals surface area (Å²) in [5, 5.41) is 0. The van der Waals surface area contributed by atoms with E-state index in [-0.39, 0.29) is 17.5 Å². The zero-order valence-corrected chi connectivity index (χ0v) is 12.8. The van der Waals surface area contributed by atoms with Crippen LogP contribution in [0.1, 0.15) is 40.1 Å². The second-order valence-electron chi connectivity index (χ2n) is 4.49. The van der Waals surface area contributed by atoms with Crippen molar-refractivity contribution in [2.24, 2.45) is 0 Å². The minimum atomic E-state index is -0.245. The maximum atomic E-state index is 12.2. The van der Waals surface area contributed by atoms with Gasteiger partial charge in [0.2, 0.25) is 0 Å². The lowest BCUT2D eigenvalue weighted by Gasteiger charge is -2.05. The summed E-state index contributed by atoms with van der Waals surface area (Å²) in [6, 6.07) is 15.9. The first-order valence-corrected chi connectivity index (χ1v) is 6.71. The molecule has 0 aliphatic carbocycles. The zero-order chi connectivity index (χ0) is 16.5. The maximum Gasteiger partial charge on any atom is 0.302 e. The molecule has 2 aromatic rings. The largest absolute Gasteiger partial charge is 0.469 e. The van der Waals surface area contributed by atoms with Crippen LogP contribution in [0, 0.1) is 0 Å². The molecule has 0 spiro atoms. The summed E-state index contributed by atoms with van der Waals surface area (Å²) >= 11 is 0. The number of carbonyl (C=O) groups is 3. The molecule has 0 heterocycles. The average molecular weight is 298 g/mol. The Morgan fingerprint density at radius 3 is 1.68 bits per heavy atom. The fourth-order valence-corrected chi connectivity index (χ4v) is 1.73. The van der Waals surface area contributed by atoms with Crippen molar-refractivity contribution in [3.05, 3.63) is 71.3 Å². The van der Waals surface area contributed by atoms with E-state index in [9.17, 15) is 14.4 Å². The van der Waals surface area contributed by atoms with Gasteiger partial charge in [-0.1, -0.05) is 54.6 Å². The van der Waals surface area contributed by atoms with E-state index in [1.54, 1.807) is 36.4 Å². The Morgan fingerprint density at radius 2 is 1.23 bits per heavy atom. The lowest BCUT2D eigenvalue weighted by molar-refractivity contribution is -0.137. The molecule has 0 amide bonds. The zero-order valence-electron chi connectivity index (χ0n) is 12.8. The quantitative estimate of drug-likeness (QED) is 0.644. The monoisotopic (exact) mass is 298 g/mol. The van der Waals surface area contributed by atoms with Gasteiger partial charge in [-0.15, -0.1) is 0 Å². The van der Waals surface area contributed by atoms with Crippen LogP contribution in [-0.4, -0.2) is 24.6 Å². The minimum absolute atomic E-state index is 0.0927. The Hall–Kier alpha value is -2.75. The van der Waals surface area contributed by atoms with E-state index in [2.05, 4.69) is 4.74 Å². The van der Waals surface area contributed by atoms with Gasteiger partial charge >= 0.3 is 5.97 Å². The molecule has 0 aliphatic heterocycles. The van der Waals surface area contributed by atoms with Crippen molar-refractivity contribution in [2.45, 2.75) is 13.8 Å². The van der Waals surface area contributed by atoms with Crippen LogP contribution in [-0.2, 0) is 9.53 Å². The molecule has 0 atom stereocenters. The second kappa shape index (κ2) is 8.52. The highest BCUT2D eigenvalue weighted by molar-refractivity contribution is 6.15. The van der Waals surface area contributed by atoms with E-state index in [1.165, 1.54) is 21.0 Å². The van der Waals surface area contributed by atoms with E-state index in [0.29, 0.717) is 16.7 Å². The Kier molecular flexibility index (Phi) is 6.70. The molecule has 0 aliphatic rings. The van der Waals surface area contributed by atoms with Crippen LogP contribution in [0.15, 0.2) is 54.6 Å². The van der Waals surface area contributed by atoms with Crippen LogP contribution >= 0.6 is 0 Å². The summed E-state index contributed by atoms with van der Waals surface area (Å²) < 4.78 is 4.11. The summed E-state index contributed by atoms with van der Waals surface area (Å²) in [7, 11) is 1.35. The first-order valence-electron chi connectivity index (χ1n) is 6.71. The van der Waals surface area contributed by atoms with Crippen LogP contribution in [0.5, 0.6) is 0 Å². The highest BCUT2D eigenvalue weighted by Gasteiger charge is 2.14. The van der Waals surface area contributed by atoms with Crippen LogP contribution in [0.3, 0.4) is 0 Å². The highest BCUT2D eigenvalue weighted by Crippen LogP contribution is 2.15. The van der Waals surface area contributed by atoms with E-state index in [0.717, 1.165) is 0 Å². The number of hydrogen-bond donors (Lipinski definition) is 0. The van der Waals surface area contributed by atoms with Gasteiger partial charge in [-0.2, -0.15) is 0 Å². The highest BCUT2D eigenvalue weighted by atomic mass is 16.5. The number of ketones is 2. The number of carbonyl (C=O) groups excluding carboxylic acids is 3. The normalized spacial score (nSPS) is 9.23. The number of methoxy groups -OCH3 is 1. The number of benzene rings is 2. The second-order valence-corrected chi connectivity index (χ2v) is 4.49. The lowest BCUT2D eigenvalue weighted by atomic mass is 9.97. The average Bonchev–Trinajstić information content (AvgIpc) is 2.55. The molecule has 4 nitrogen and oxygen atoms in total. The molecule has 0 aromatic heterocycles. The first-order chi connectivity index (χ1) is 10.5. The predicted molar refractivity (Wildman–Crippen MR) is 84.0 cm³/mol. The summed E-state index contributed by atoms with van der Waals surface area (Å²) in [6.45, 7) is 2.83. The van der Waals surface area contributed by atoms with Gasteiger partial charge in [-0.05, 0) is 6.92 Å². The predicted octanol–water partition coefficient (Wildman–Crippen LogP) is 3.30. The van der Waals surface area contributed by atoms with Crippen molar-refractivity contribution in [1.29, 1.82) is 0 Å². The molecule has 0 fully saturated rings. The summed E-state index contributed by atoms with van der Waals surface area (Å²) in [5.41, 5.74) is 1.54. The number of Topliss-reactive ketones (excluding diaryl/α,β-unsaturated/α-hetero) is 1. The number of ether oxygens (including phenoxy) is 1. The maximum absolute atomic E-state index is 12.2. The Labute approximate surface area is 129 Å². The lowest BCUT2D eigenvalue weighted by Crippen LogP contribution is -2.07. The van der Waals surface area contributed by atoms with Gasteiger partial charge in [-0.25, -0.2) is 0 Å². The summed E-state index contributed by atoms with van der Waals surface area (Å²) in [5.74, 6) is -0.453. The molecule has 0 radical (unpaired) electrons. The van der Waals surface area contributed by atoms with E-state index in [4.69, 9.17) is 0 Å². The molecule has 0 N–H and O–H groups in total.